The Morgan fingerprint density at radius 3 is 1.57 bits per heavy atom. The Hall–Kier alpha value is -7.87. The fourth-order valence-electron chi connectivity index (χ4n) is 17.2. The molecule has 3 amide bonds. The second-order valence-corrected chi connectivity index (χ2v) is 27.3. The molecule has 6 aliphatic heterocycles. The second-order valence-electron chi connectivity index (χ2n) is 27.3. The van der Waals surface area contributed by atoms with Gasteiger partial charge in [0.1, 0.15) is 63.7 Å². The van der Waals surface area contributed by atoms with Gasteiger partial charge in [-0.25, -0.2) is 33.6 Å². The summed E-state index contributed by atoms with van der Waals surface area (Å²) in [5.74, 6) is -8.39. The number of anilines is 2. The Bertz CT molecular complexity index is 3040. The van der Waals surface area contributed by atoms with Crippen LogP contribution in [0.15, 0.2) is 24.3 Å². The highest BCUT2D eigenvalue weighted by atomic mass is 16.4. The van der Waals surface area contributed by atoms with Gasteiger partial charge in [0.05, 0.1) is 0 Å². The van der Waals surface area contributed by atoms with Crippen LogP contribution in [0.25, 0.3) is 0 Å². The summed E-state index contributed by atoms with van der Waals surface area (Å²) in [6.45, 7) is 6.47. The Kier molecular flexibility index (Phi) is 25.1. The molecule has 7 heterocycles. The zero-order valence-electron chi connectivity index (χ0n) is 54.5. The van der Waals surface area contributed by atoms with Gasteiger partial charge in [0.2, 0.25) is 17.8 Å². The lowest BCUT2D eigenvalue weighted by Gasteiger charge is -2.50. The molecule has 6 aliphatic rings. The van der Waals surface area contributed by atoms with Gasteiger partial charge >= 0.3 is 59.7 Å². The number of nitrogens with zero attached hydrogens (tertiary/aromatic N) is 10. The molecule has 0 radical (unpaired) electrons. The second kappa shape index (κ2) is 32.7. The van der Waals surface area contributed by atoms with Crippen LogP contribution in [0.1, 0.15) is 139 Å². The number of amides is 3. The van der Waals surface area contributed by atoms with Crippen LogP contribution in [0.3, 0.4) is 0 Å². The van der Waals surface area contributed by atoms with Crippen LogP contribution < -0.4 is 25.8 Å². The Balaban J connectivity index is 0.803. The van der Waals surface area contributed by atoms with Gasteiger partial charge in [-0.1, -0.05) is 62.8 Å². The van der Waals surface area contributed by atoms with Gasteiger partial charge < -0.3 is 66.6 Å². The number of carboxylic acids is 8. The zero-order chi connectivity index (χ0) is 68.6. The third-order valence-corrected chi connectivity index (χ3v) is 21.1. The maximum absolute atomic E-state index is 13.2. The van der Waals surface area contributed by atoms with Crippen LogP contribution in [-0.2, 0) is 56.0 Å². The minimum atomic E-state index is -1.49. The zero-order valence-corrected chi connectivity index (χ0v) is 54.5. The lowest BCUT2D eigenvalue weighted by Crippen LogP contribution is -2.86. The summed E-state index contributed by atoms with van der Waals surface area (Å²) in [5, 5.41) is 86.3. The molecule has 0 bridgehead atoms. The number of benzene rings is 1. The molecular formula is C64H99N13O18+4. The van der Waals surface area contributed by atoms with Crippen LogP contribution >= 0.6 is 0 Å². The topological polar surface area (TPSA) is 417 Å². The first-order chi connectivity index (χ1) is 45.3. The highest BCUT2D eigenvalue weighted by Crippen LogP contribution is 2.64. The van der Waals surface area contributed by atoms with Crippen molar-refractivity contribution in [2.45, 2.75) is 159 Å². The standard InChI is InChI=1S/C64H95N13O18/c78-52(65-24-9-8-13-49(59(91)92)66-63(95)67-50(60(93)94)20-21-54(81)82)14-7-5-3-1-2-4-6-10-25-71-28-30-73(31-29-71)62-69-51(68-61(70-62)72-26-22-45(23-27-72)12-11-15-53(79)80)39-47-18-16-46(17-19-47)38-48-40-76(43-57(87)88)35-34-74(41-55(83)84)32-33-75(42-56(85)86)36-37-77(48,44-58(89)90)64(74,75)76/h16-19,45,48-50H,1-15,20-44H2,(H7-4,65,66,67,78,79,80,81,82,83,84,85,86,87,88,89,90,91,92,93,94,95)/p+4/t48?,49-,50-,64?,74+,75-,76+,77+/m0/s1. The van der Waals surface area contributed by atoms with Crippen molar-refractivity contribution in [2.24, 2.45) is 5.92 Å². The number of hydrogen-bond acceptors (Lipinski definition) is 16. The molecule has 1 aromatic heterocycles. The van der Waals surface area contributed by atoms with Crippen LogP contribution in [-0.4, -0.2) is 287 Å². The summed E-state index contributed by atoms with van der Waals surface area (Å²) in [6, 6.07) is 3.72. The van der Waals surface area contributed by atoms with E-state index in [2.05, 4.69) is 30.7 Å². The molecule has 1 spiro atoms. The monoisotopic (exact) mass is 1340 g/mol. The average molecular weight is 1340 g/mol. The lowest BCUT2D eigenvalue weighted by atomic mass is 9.92. The largest absolute Gasteiger partial charge is 0.483 e. The van der Waals surface area contributed by atoms with Crippen LogP contribution in [0.2, 0.25) is 0 Å². The van der Waals surface area contributed by atoms with Gasteiger partial charge in [0, 0.05) is 77.9 Å². The summed E-state index contributed by atoms with van der Waals surface area (Å²) in [5.41, 5.74) is 1.82. The molecule has 2 aromatic rings. The highest BCUT2D eigenvalue weighted by molar-refractivity contribution is 5.86. The number of carbonyl (C=O) groups excluding carboxylic acids is 2. The van der Waals surface area contributed by atoms with Gasteiger partial charge in [0.15, 0.2) is 32.2 Å². The van der Waals surface area contributed by atoms with Crippen LogP contribution in [0.5, 0.6) is 0 Å². The predicted molar refractivity (Wildman–Crippen MR) is 339 cm³/mol. The van der Waals surface area contributed by atoms with E-state index >= 15 is 0 Å². The summed E-state index contributed by atoms with van der Waals surface area (Å²) < 4.78 is -0.286. The molecule has 1 aromatic carbocycles. The number of urea groups is 1. The third-order valence-electron chi connectivity index (χ3n) is 21.1. The molecule has 0 aliphatic carbocycles. The van der Waals surface area contributed by atoms with Crippen molar-refractivity contribution >= 4 is 71.6 Å². The number of hydrogen-bond donors (Lipinski definition) is 11. The van der Waals surface area contributed by atoms with E-state index in [0.29, 0.717) is 101 Å². The number of unbranched alkanes of at least 4 members (excludes halogenated alkanes) is 8. The number of carbonyl (C=O) groups is 10. The van der Waals surface area contributed by atoms with E-state index in [0.717, 1.165) is 128 Å². The first-order valence-electron chi connectivity index (χ1n) is 33.9. The molecule has 6 fully saturated rings. The van der Waals surface area contributed by atoms with E-state index in [1.807, 2.05) is 24.3 Å². The van der Waals surface area contributed by atoms with E-state index in [-0.39, 0.29) is 75.8 Å². The third kappa shape index (κ3) is 17.6. The van der Waals surface area contributed by atoms with Crippen LogP contribution in [0, 0.1) is 5.92 Å². The molecule has 0 saturated carbocycles. The van der Waals surface area contributed by atoms with E-state index in [1.165, 1.54) is 0 Å². The normalized spacial score (nSPS) is 25.3. The highest BCUT2D eigenvalue weighted by Gasteiger charge is 3.01. The molecule has 31 heteroatoms. The molecule has 31 nitrogen and oxygen atoms in total. The molecule has 524 valence electrons. The van der Waals surface area contributed by atoms with E-state index in [1.54, 1.807) is 0 Å². The number of carboxylic acid groups (broad SMARTS) is 8. The molecule has 11 N–H and O–H groups in total. The van der Waals surface area contributed by atoms with Crippen LogP contribution in [0.4, 0.5) is 16.7 Å². The molecule has 6 saturated heterocycles. The number of rotatable bonds is 41. The number of piperazine rings is 1. The SMILES string of the molecule is O=C(O)CCCC1CCN(c2nc(Cc3ccc(CC4C[N@@+]5(CC(=O)O)CC[N@@+]6(CC(=O)O)CC[N@@+]7(CC(=O)O)CC[N@+]4(CC(=O)O)C675)cc3)nc(N3CCN(CCCCCCCCCCC(=O)NCCCC[C@H](NC(=O)N[C@@H](CCC(=O)O)C(=O)O)C(=O)O)CC3)n2)CC1. The van der Waals surface area contributed by atoms with E-state index in [4.69, 9.17) is 20.1 Å². The minimum absolute atomic E-state index is 0.0436. The summed E-state index contributed by atoms with van der Waals surface area (Å²) in [7, 11) is 0. The van der Waals surface area contributed by atoms with Crippen molar-refractivity contribution in [2.75, 3.05) is 134 Å². The summed E-state index contributed by atoms with van der Waals surface area (Å²) >= 11 is 0. The smallest absolute Gasteiger partial charge is 0.481 e. The van der Waals surface area contributed by atoms with Crippen molar-refractivity contribution in [3.05, 3.63) is 41.2 Å². The number of piperidine rings is 1. The molecular weight excluding hydrogens is 1240 g/mol. The number of quaternary nitrogens is 4. The van der Waals surface area contributed by atoms with Crippen molar-refractivity contribution in [3.8, 4) is 0 Å². The first kappa shape index (κ1) is 72.9. The molecule has 95 heavy (non-hydrogen) atoms. The van der Waals surface area contributed by atoms with Crippen molar-refractivity contribution in [1.29, 1.82) is 0 Å². The van der Waals surface area contributed by atoms with Gasteiger partial charge in [-0.05, 0) is 87.8 Å². The van der Waals surface area contributed by atoms with E-state index in [9.17, 15) is 83.7 Å². The molecule has 8 rings (SSSR count). The molecule has 2 unspecified atom stereocenters. The summed E-state index contributed by atoms with van der Waals surface area (Å²) in [4.78, 5) is 144. The fourth-order valence-corrected chi connectivity index (χ4v) is 17.2. The fraction of sp³-hybridized carbons (Fsp3) is 0.703. The maximum atomic E-state index is 13.2. The summed E-state index contributed by atoms with van der Waals surface area (Å²) in [6.07, 6.45) is 12.8. The number of nitrogens with one attached hydrogen (secondary N) is 3. The maximum Gasteiger partial charge on any atom is 0.483 e. The minimum Gasteiger partial charge on any atom is -0.481 e. The van der Waals surface area contributed by atoms with Gasteiger partial charge in [-0.2, -0.15) is 15.0 Å². The van der Waals surface area contributed by atoms with Gasteiger partial charge in [0.25, 0.3) is 0 Å². The lowest BCUT2D eigenvalue weighted by molar-refractivity contribution is -1.36. The predicted octanol–water partition coefficient (Wildman–Crippen LogP) is 2.11. The average Bonchev–Trinajstić information content (AvgIpc) is 1.44. The van der Waals surface area contributed by atoms with E-state index < -0.39 is 90.8 Å². The Morgan fingerprint density at radius 2 is 1.01 bits per heavy atom. The Labute approximate surface area is 552 Å². The first-order valence-corrected chi connectivity index (χ1v) is 33.9. The molecule has 8 atom stereocenters. The number of aromatic nitrogens is 3. The van der Waals surface area contributed by atoms with Gasteiger partial charge in [-0.3, -0.25) is 19.3 Å². The van der Waals surface area contributed by atoms with Crippen molar-refractivity contribution in [3.63, 3.8) is 0 Å². The quantitative estimate of drug-likeness (QED) is 0.0335. The Morgan fingerprint density at radius 1 is 0.505 bits per heavy atom. The van der Waals surface area contributed by atoms with Crippen molar-refractivity contribution in [1.82, 2.24) is 35.8 Å². The van der Waals surface area contributed by atoms with Gasteiger partial charge in [-0.15, -0.1) is 17.9 Å². The number of aliphatic carboxylic acids is 8. The van der Waals surface area contributed by atoms with Crippen molar-refractivity contribution < 1.29 is 107 Å².